The van der Waals surface area contributed by atoms with Crippen LogP contribution in [0.5, 0.6) is 0 Å². The van der Waals surface area contributed by atoms with Crippen molar-refractivity contribution in [3.8, 4) is 0 Å². The van der Waals surface area contributed by atoms with E-state index in [1.54, 1.807) is 11.1 Å². The molecule has 3 aliphatic heterocycles. The highest BCUT2D eigenvalue weighted by atomic mass is 32.2. The summed E-state index contributed by atoms with van der Waals surface area (Å²) in [6.45, 7) is 4.38. The topological polar surface area (TPSA) is 146 Å². The number of likely N-dealkylation sites (tertiary alicyclic amines) is 1. The van der Waals surface area contributed by atoms with Gasteiger partial charge in [-0.05, 0) is 61.8 Å². The van der Waals surface area contributed by atoms with Gasteiger partial charge in [0.15, 0.2) is 0 Å². The maximum Gasteiger partial charge on any atom is 0.243 e. The van der Waals surface area contributed by atoms with E-state index < -0.39 is 20.0 Å². The summed E-state index contributed by atoms with van der Waals surface area (Å²) in [4.78, 5) is 21.2. The minimum atomic E-state index is -3.92. The molecule has 5 rings (SSSR count). The van der Waals surface area contributed by atoms with Gasteiger partial charge >= 0.3 is 0 Å². The van der Waals surface area contributed by atoms with E-state index in [-0.39, 0.29) is 47.8 Å². The lowest BCUT2D eigenvalue weighted by Crippen LogP contribution is -2.52. The number of nitrogen functional groups attached to an aromatic ring is 1. The number of piperazine rings is 1. The number of rotatable bonds is 7. The summed E-state index contributed by atoms with van der Waals surface area (Å²) >= 11 is 0. The number of ether oxygens (including phenoxy) is 1. The predicted molar refractivity (Wildman–Crippen MR) is 148 cm³/mol. The van der Waals surface area contributed by atoms with Crippen LogP contribution in [0, 0.1) is 5.92 Å². The number of amides is 1. The van der Waals surface area contributed by atoms with E-state index in [1.807, 2.05) is 12.1 Å². The summed E-state index contributed by atoms with van der Waals surface area (Å²) in [6.07, 6.45) is 3.20. The van der Waals surface area contributed by atoms with Crippen molar-refractivity contribution in [2.45, 2.75) is 29.2 Å². The number of carbonyl (C=O) groups excluding carboxylic acids is 1. The van der Waals surface area contributed by atoms with E-state index in [4.69, 9.17) is 10.5 Å². The first-order valence-electron chi connectivity index (χ1n) is 13.5. The smallest absolute Gasteiger partial charge is 0.243 e. The Kier molecular flexibility index (Phi) is 8.73. The van der Waals surface area contributed by atoms with E-state index in [2.05, 4.69) is 9.88 Å². The van der Waals surface area contributed by atoms with Gasteiger partial charge in [0, 0.05) is 57.9 Å². The Balaban J connectivity index is 1.16. The van der Waals surface area contributed by atoms with Gasteiger partial charge in [-0.3, -0.25) is 9.69 Å². The van der Waals surface area contributed by atoms with Gasteiger partial charge in [0.05, 0.1) is 23.0 Å². The number of hydrogen-bond donors (Lipinski definition) is 1. The number of morpholine rings is 1. The van der Waals surface area contributed by atoms with E-state index >= 15 is 0 Å². The van der Waals surface area contributed by atoms with Crippen LogP contribution in [0.1, 0.15) is 18.4 Å². The molecule has 3 aliphatic rings. The largest absolute Gasteiger partial charge is 0.384 e. The Morgan fingerprint density at radius 2 is 1.45 bits per heavy atom. The highest BCUT2D eigenvalue weighted by Crippen LogP contribution is 2.26. The lowest BCUT2D eigenvalue weighted by atomic mass is 9.94. The predicted octanol–water partition coefficient (Wildman–Crippen LogP) is 0.430. The number of benzene rings is 1. The molecule has 0 saturated carbocycles. The second-order valence-corrected chi connectivity index (χ2v) is 14.2. The summed E-state index contributed by atoms with van der Waals surface area (Å²) in [6, 6.07) is 9.32. The van der Waals surface area contributed by atoms with Crippen molar-refractivity contribution < 1.29 is 26.4 Å². The van der Waals surface area contributed by atoms with Crippen molar-refractivity contribution >= 4 is 31.8 Å². The molecule has 12 nitrogen and oxygen atoms in total. The number of carbonyl (C=O) groups is 1. The normalized spacial score (nSPS) is 20.9. The zero-order chi connectivity index (χ0) is 28.3. The van der Waals surface area contributed by atoms with Gasteiger partial charge in [-0.1, -0.05) is 6.07 Å². The molecule has 1 aromatic heterocycles. The Hall–Kier alpha value is -2.62. The third-order valence-corrected chi connectivity index (χ3v) is 11.6. The maximum absolute atomic E-state index is 13.4. The molecule has 218 valence electrons. The lowest BCUT2D eigenvalue weighted by molar-refractivity contribution is -0.138. The number of aromatic nitrogens is 1. The molecule has 1 amide bonds. The van der Waals surface area contributed by atoms with Crippen molar-refractivity contribution in [1.29, 1.82) is 0 Å². The minimum Gasteiger partial charge on any atom is -0.384 e. The standard InChI is InChI=1S/C26H36N6O6S2/c27-25-18-21(4-7-28-25)20-29-8-5-22(6-9-29)26(33)30-10-12-31(13-11-30)39(34,35)23-2-1-3-24(19-23)40(36,37)32-14-16-38-17-15-32/h1-4,7,18-19,22H,5-6,8-17,20H2,(H2,27,28). The second-order valence-electron chi connectivity index (χ2n) is 10.4. The van der Waals surface area contributed by atoms with Crippen molar-refractivity contribution in [1.82, 2.24) is 23.4 Å². The number of nitrogens with two attached hydrogens (primary N) is 1. The SMILES string of the molecule is Nc1cc(CN2CCC(C(=O)N3CCN(S(=O)(=O)c4cccc(S(=O)(=O)N5CCOCC5)c4)CC3)CC2)ccn1. The van der Waals surface area contributed by atoms with Gasteiger partial charge in [0.1, 0.15) is 5.82 Å². The van der Waals surface area contributed by atoms with Gasteiger partial charge < -0.3 is 15.4 Å². The molecular weight excluding hydrogens is 556 g/mol. The number of piperidine rings is 1. The number of pyridine rings is 1. The van der Waals surface area contributed by atoms with Crippen LogP contribution < -0.4 is 5.73 Å². The Morgan fingerprint density at radius 1 is 0.850 bits per heavy atom. The van der Waals surface area contributed by atoms with Crippen LogP contribution in [0.3, 0.4) is 0 Å². The highest BCUT2D eigenvalue weighted by molar-refractivity contribution is 7.90. The molecule has 0 atom stereocenters. The average molecular weight is 593 g/mol. The van der Waals surface area contributed by atoms with Crippen LogP contribution in [0.2, 0.25) is 0 Å². The van der Waals surface area contributed by atoms with Crippen LogP contribution in [0.25, 0.3) is 0 Å². The third kappa shape index (κ3) is 6.31. The highest BCUT2D eigenvalue weighted by Gasteiger charge is 2.35. The van der Waals surface area contributed by atoms with Gasteiger partial charge in [-0.15, -0.1) is 0 Å². The van der Waals surface area contributed by atoms with Crippen LogP contribution in [0.15, 0.2) is 52.4 Å². The molecule has 4 heterocycles. The molecule has 0 bridgehead atoms. The molecule has 0 aliphatic carbocycles. The molecule has 3 saturated heterocycles. The molecule has 14 heteroatoms. The summed E-state index contributed by atoms with van der Waals surface area (Å²) in [5.41, 5.74) is 6.88. The molecule has 1 aromatic carbocycles. The van der Waals surface area contributed by atoms with E-state index in [0.29, 0.717) is 32.1 Å². The molecule has 2 N–H and O–H groups in total. The molecule has 2 aromatic rings. The maximum atomic E-state index is 13.4. The molecule has 0 spiro atoms. The summed E-state index contributed by atoms with van der Waals surface area (Å²) in [5.74, 6) is 0.488. The van der Waals surface area contributed by atoms with Crippen LogP contribution in [-0.2, 0) is 36.1 Å². The fourth-order valence-corrected chi connectivity index (χ4v) is 8.47. The van der Waals surface area contributed by atoms with E-state index in [1.165, 1.54) is 32.9 Å². The molecule has 40 heavy (non-hydrogen) atoms. The number of anilines is 1. The summed E-state index contributed by atoms with van der Waals surface area (Å²) < 4.78 is 60.8. The summed E-state index contributed by atoms with van der Waals surface area (Å²) in [5, 5.41) is 0. The molecule has 0 unspecified atom stereocenters. The molecule has 3 fully saturated rings. The van der Waals surface area contributed by atoms with Crippen LogP contribution in [0.4, 0.5) is 5.82 Å². The fraction of sp³-hybridized carbons (Fsp3) is 0.538. The van der Waals surface area contributed by atoms with E-state index in [9.17, 15) is 21.6 Å². The first-order chi connectivity index (χ1) is 19.1. The van der Waals surface area contributed by atoms with Crippen molar-refractivity contribution in [3.05, 3.63) is 48.2 Å². The third-order valence-electron chi connectivity index (χ3n) is 7.79. The van der Waals surface area contributed by atoms with E-state index in [0.717, 1.165) is 38.0 Å². The Bertz CT molecular complexity index is 1410. The Labute approximate surface area is 235 Å². The first-order valence-corrected chi connectivity index (χ1v) is 16.4. The molecular formula is C26H36N6O6S2. The monoisotopic (exact) mass is 592 g/mol. The summed E-state index contributed by atoms with van der Waals surface area (Å²) in [7, 11) is -7.75. The zero-order valence-corrected chi connectivity index (χ0v) is 24.0. The number of sulfonamides is 2. The second kappa shape index (κ2) is 12.1. The minimum absolute atomic E-state index is 0.0528. The zero-order valence-electron chi connectivity index (χ0n) is 22.4. The number of nitrogens with zero attached hydrogens (tertiary/aromatic N) is 5. The van der Waals surface area contributed by atoms with Gasteiger partial charge in [-0.2, -0.15) is 8.61 Å². The first kappa shape index (κ1) is 28.9. The van der Waals surface area contributed by atoms with Gasteiger partial charge in [0.2, 0.25) is 26.0 Å². The lowest BCUT2D eigenvalue weighted by Gasteiger charge is -2.38. The van der Waals surface area contributed by atoms with Gasteiger partial charge in [-0.25, -0.2) is 21.8 Å². The Morgan fingerprint density at radius 3 is 2.05 bits per heavy atom. The van der Waals surface area contributed by atoms with Crippen LogP contribution in [-0.4, -0.2) is 112 Å². The van der Waals surface area contributed by atoms with Crippen molar-refractivity contribution in [2.24, 2.45) is 5.92 Å². The fourth-order valence-electron chi connectivity index (χ4n) is 5.48. The van der Waals surface area contributed by atoms with Gasteiger partial charge in [0.25, 0.3) is 0 Å². The number of hydrogen-bond acceptors (Lipinski definition) is 9. The quantitative estimate of drug-likeness (QED) is 0.484. The van der Waals surface area contributed by atoms with Crippen molar-refractivity contribution in [3.63, 3.8) is 0 Å². The average Bonchev–Trinajstić information content (AvgIpc) is 2.98. The van der Waals surface area contributed by atoms with Crippen molar-refractivity contribution in [2.75, 3.05) is 71.3 Å². The van der Waals surface area contributed by atoms with Crippen LogP contribution >= 0.6 is 0 Å². The molecule has 0 radical (unpaired) electrons.